The molecule has 0 bridgehead atoms. The van der Waals surface area contributed by atoms with Gasteiger partial charge in [0, 0.05) is 45.1 Å². The molecule has 0 N–H and O–H groups in total. The summed E-state index contributed by atoms with van der Waals surface area (Å²) in [6.45, 7) is 6.86. The Morgan fingerprint density at radius 2 is 0.923 bits per heavy atom. The average molecular weight is 832 g/mol. The van der Waals surface area contributed by atoms with Gasteiger partial charge in [-0.3, -0.25) is 0 Å². The van der Waals surface area contributed by atoms with E-state index >= 15 is 0 Å². The van der Waals surface area contributed by atoms with Crippen molar-refractivity contribution >= 4 is 27.4 Å². The molecule has 11 aromatic rings. The zero-order valence-electron chi connectivity index (χ0n) is 36.2. The molecule has 9 aromatic carbocycles. The molecule has 2 heterocycles. The van der Waals surface area contributed by atoms with Crippen molar-refractivity contribution in [1.29, 1.82) is 0 Å². The number of hydrogen-bond donors (Lipinski definition) is 0. The topological polar surface area (TPSA) is 30.7 Å². The van der Waals surface area contributed by atoms with Crippen LogP contribution in [0, 0.1) is 6.92 Å². The number of benzene rings is 9. The van der Waals surface area contributed by atoms with E-state index in [1.54, 1.807) is 0 Å². The molecular weight excluding hydrogens is 787 g/mol. The third-order valence-electron chi connectivity index (χ3n) is 12.5. The fourth-order valence-corrected chi connectivity index (χ4v) is 9.24. The first-order valence-electron chi connectivity index (χ1n) is 22.2. The molecule has 0 saturated heterocycles. The van der Waals surface area contributed by atoms with Gasteiger partial charge in [0.25, 0.3) is 0 Å². The smallest absolute Gasteiger partial charge is 0.160 e. The summed E-state index contributed by atoms with van der Waals surface area (Å²) in [5.41, 5.74) is 19.4. The number of aryl methyl sites for hydroxylation is 1. The SMILES string of the molecule is C=C(Cc1c(-c2ccccc2)nc(-c2cc(-c3ccccc3)cc(-c3ccccc3)c2)nc1-c1cc(-c2ccc3c(c2)c2ccccc2n3-c2ccccc2)ccc1C)c1ccccc1. The molecule has 2 aromatic heterocycles. The fraction of sp³-hybridized carbons (Fsp3) is 0.0323. The normalized spacial score (nSPS) is 11.3. The Labute approximate surface area is 380 Å². The Hall–Kier alpha value is -8.40. The highest BCUT2D eigenvalue weighted by Gasteiger charge is 2.23. The molecule has 0 radical (unpaired) electrons. The van der Waals surface area contributed by atoms with Crippen LogP contribution in [0.5, 0.6) is 0 Å². The van der Waals surface area contributed by atoms with Crippen molar-refractivity contribution in [2.75, 3.05) is 0 Å². The van der Waals surface area contributed by atoms with E-state index in [4.69, 9.17) is 9.97 Å². The molecule has 3 heteroatoms. The van der Waals surface area contributed by atoms with Crippen molar-refractivity contribution in [2.45, 2.75) is 13.3 Å². The predicted octanol–water partition coefficient (Wildman–Crippen LogP) is 16.1. The number of aromatic nitrogens is 3. The minimum absolute atomic E-state index is 0.567. The molecule has 0 aliphatic rings. The number of allylic oxidation sites excluding steroid dienone is 1. The zero-order chi connectivity index (χ0) is 43.7. The van der Waals surface area contributed by atoms with Gasteiger partial charge in [-0.15, -0.1) is 0 Å². The Morgan fingerprint density at radius 3 is 1.58 bits per heavy atom. The van der Waals surface area contributed by atoms with Gasteiger partial charge in [-0.25, -0.2) is 9.97 Å². The van der Waals surface area contributed by atoms with Crippen LogP contribution in [0.2, 0.25) is 0 Å². The van der Waals surface area contributed by atoms with E-state index in [1.807, 2.05) is 6.07 Å². The van der Waals surface area contributed by atoms with Gasteiger partial charge in [-0.2, -0.15) is 0 Å². The molecule has 0 aliphatic carbocycles. The molecule has 0 atom stereocenters. The molecule has 65 heavy (non-hydrogen) atoms. The van der Waals surface area contributed by atoms with Crippen LogP contribution in [0.25, 0.3) is 100 Å². The maximum Gasteiger partial charge on any atom is 0.160 e. The van der Waals surface area contributed by atoms with Crippen molar-refractivity contribution in [1.82, 2.24) is 14.5 Å². The van der Waals surface area contributed by atoms with E-state index in [0.717, 1.165) is 89.4 Å². The van der Waals surface area contributed by atoms with Crippen LogP contribution in [0.15, 0.2) is 237 Å². The zero-order valence-corrected chi connectivity index (χ0v) is 36.2. The van der Waals surface area contributed by atoms with Gasteiger partial charge >= 0.3 is 0 Å². The summed E-state index contributed by atoms with van der Waals surface area (Å²) in [5.74, 6) is 0.669. The first-order chi connectivity index (χ1) is 32.1. The minimum Gasteiger partial charge on any atom is -0.309 e. The summed E-state index contributed by atoms with van der Waals surface area (Å²) in [6.07, 6.45) is 0.567. The minimum atomic E-state index is 0.567. The van der Waals surface area contributed by atoms with Gasteiger partial charge in [0.05, 0.1) is 22.4 Å². The average Bonchev–Trinajstić information content (AvgIpc) is 3.71. The standard InChI is InChI=1S/C62H45N3/c1-42-32-33-48(49-34-35-59-56(41-49)54-30-18-19-31-58(54)65(59)53-28-16-7-17-29-53)40-55(42)61-57(36-43(2)44-20-8-3-9-21-44)60(47-26-14-6-15-27-47)63-62(64-61)52-38-50(45-22-10-4-11-23-45)37-51(39-52)46-24-12-5-13-25-46/h3-35,37-41H,2,36H2,1H3. The van der Waals surface area contributed by atoms with E-state index in [-0.39, 0.29) is 0 Å². The summed E-state index contributed by atoms with van der Waals surface area (Å²) in [7, 11) is 0. The fourth-order valence-electron chi connectivity index (χ4n) is 9.24. The first-order valence-corrected chi connectivity index (χ1v) is 22.2. The molecule has 0 amide bonds. The molecule has 11 rings (SSSR count). The lowest BCUT2D eigenvalue weighted by Crippen LogP contribution is -2.06. The molecule has 3 nitrogen and oxygen atoms in total. The number of fused-ring (bicyclic) bond motifs is 3. The highest BCUT2D eigenvalue weighted by molar-refractivity contribution is 6.10. The van der Waals surface area contributed by atoms with E-state index in [0.29, 0.717) is 12.2 Å². The summed E-state index contributed by atoms with van der Waals surface area (Å²) < 4.78 is 2.37. The van der Waals surface area contributed by atoms with E-state index in [1.165, 1.54) is 21.8 Å². The molecule has 0 spiro atoms. The van der Waals surface area contributed by atoms with Crippen molar-refractivity contribution in [3.8, 4) is 73.0 Å². The van der Waals surface area contributed by atoms with E-state index in [9.17, 15) is 0 Å². The lowest BCUT2D eigenvalue weighted by molar-refractivity contribution is 1.11. The second-order valence-corrected chi connectivity index (χ2v) is 16.7. The lowest BCUT2D eigenvalue weighted by atomic mass is 9.89. The van der Waals surface area contributed by atoms with Crippen LogP contribution in [0.3, 0.4) is 0 Å². The molecule has 0 aliphatic heterocycles. The highest BCUT2D eigenvalue weighted by Crippen LogP contribution is 2.41. The molecule has 0 fully saturated rings. The number of para-hydroxylation sites is 2. The number of hydrogen-bond acceptors (Lipinski definition) is 2. The van der Waals surface area contributed by atoms with Gasteiger partial charge in [0.2, 0.25) is 0 Å². The summed E-state index contributed by atoms with van der Waals surface area (Å²) in [4.78, 5) is 11.2. The Morgan fingerprint density at radius 1 is 0.415 bits per heavy atom. The van der Waals surface area contributed by atoms with Gasteiger partial charge in [-0.1, -0.05) is 183 Å². The third-order valence-corrected chi connectivity index (χ3v) is 12.5. The van der Waals surface area contributed by atoms with Crippen LogP contribution >= 0.6 is 0 Å². The van der Waals surface area contributed by atoms with Crippen LogP contribution < -0.4 is 0 Å². The van der Waals surface area contributed by atoms with Gasteiger partial charge in [0.15, 0.2) is 5.82 Å². The second-order valence-electron chi connectivity index (χ2n) is 16.7. The molecular formula is C62H45N3. The molecule has 0 saturated carbocycles. The Bertz CT molecular complexity index is 3440. The van der Waals surface area contributed by atoms with Crippen LogP contribution in [0.1, 0.15) is 16.7 Å². The van der Waals surface area contributed by atoms with Crippen LogP contribution in [-0.2, 0) is 6.42 Å². The quantitative estimate of drug-likeness (QED) is 0.137. The summed E-state index contributed by atoms with van der Waals surface area (Å²) in [5, 5.41) is 2.44. The third kappa shape index (κ3) is 7.64. The lowest BCUT2D eigenvalue weighted by Gasteiger charge is -2.20. The monoisotopic (exact) mass is 831 g/mol. The van der Waals surface area contributed by atoms with Crippen molar-refractivity contribution in [3.63, 3.8) is 0 Å². The van der Waals surface area contributed by atoms with Gasteiger partial charge < -0.3 is 4.57 Å². The number of rotatable bonds is 10. The van der Waals surface area contributed by atoms with Gasteiger partial charge in [0.1, 0.15) is 0 Å². The summed E-state index contributed by atoms with van der Waals surface area (Å²) >= 11 is 0. The molecule has 0 unspecified atom stereocenters. The van der Waals surface area contributed by atoms with E-state index < -0.39 is 0 Å². The van der Waals surface area contributed by atoms with Crippen LogP contribution in [-0.4, -0.2) is 14.5 Å². The maximum absolute atomic E-state index is 5.68. The Kier molecular flexibility index (Phi) is 10.3. The number of nitrogens with zero attached hydrogens (tertiary/aromatic N) is 3. The van der Waals surface area contributed by atoms with E-state index in [2.05, 4.69) is 243 Å². The van der Waals surface area contributed by atoms with Crippen molar-refractivity contribution < 1.29 is 0 Å². The van der Waals surface area contributed by atoms with Gasteiger partial charge in [-0.05, 0) is 112 Å². The second kappa shape index (κ2) is 17.0. The highest BCUT2D eigenvalue weighted by atomic mass is 15.0. The predicted molar refractivity (Wildman–Crippen MR) is 273 cm³/mol. The largest absolute Gasteiger partial charge is 0.309 e. The maximum atomic E-state index is 5.68. The van der Waals surface area contributed by atoms with Crippen molar-refractivity contribution in [3.05, 3.63) is 254 Å². The molecule has 308 valence electrons. The Balaban J connectivity index is 1.14. The van der Waals surface area contributed by atoms with Crippen molar-refractivity contribution in [2.24, 2.45) is 0 Å². The first kappa shape index (κ1) is 39.4. The summed E-state index contributed by atoms with van der Waals surface area (Å²) in [6, 6.07) is 82.0. The van der Waals surface area contributed by atoms with Crippen LogP contribution in [0.4, 0.5) is 0 Å².